The monoisotopic (exact) mass is 321 g/mol. The molecule has 0 atom stereocenters. The Labute approximate surface area is 128 Å². The quantitative estimate of drug-likeness (QED) is 0.576. The minimum atomic E-state index is -0.168. The van der Waals surface area contributed by atoms with Gasteiger partial charge in [0.2, 0.25) is 11.0 Å². The number of hydrogen-bond acceptors (Lipinski definition) is 8. The van der Waals surface area contributed by atoms with E-state index < -0.39 is 0 Å². The summed E-state index contributed by atoms with van der Waals surface area (Å²) in [4.78, 5) is 19.5. The molecule has 0 saturated carbocycles. The van der Waals surface area contributed by atoms with Gasteiger partial charge in [-0.2, -0.15) is 14.6 Å². The van der Waals surface area contributed by atoms with Crippen molar-refractivity contribution in [3.8, 4) is 0 Å². The molecular formula is C11H11N7OS2. The summed E-state index contributed by atoms with van der Waals surface area (Å²) in [7, 11) is 0. The Morgan fingerprint density at radius 2 is 2.33 bits per heavy atom. The van der Waals surface area contributed by atoms with Crippen molar-refractivity contribution < 1.29 is 4.79 Å². The number of anilines is 1. The molecule has 0 radical (unpaired) electrons. The van der Waals surface area contributed by atoms with Crippen LogP contribution in [0.15, 0.2) is 21.8 Å². The number of aryl methyl sites for hydroxylation is 1. The first kappa shape index (κ1) is 13.9. The van der Waals surface area contributed by atoms with Crippen LogP contribution in [-0.2, 0) is 11.2 Å². The van der Waals surface area contributed by atoms with Crippen LogP contribution in [0.25, 0.3) is 5.78 Å². The number of hydrogen-bond donors (Lipinski definition) is 1. The van der Waals surface area contributed by atoms with Gasteiger partial charge < -0.3 is 5.32 Å². The Hall–Kier alpha value is -2.07. The van der Waals surface area contributed by atoms with Gasteiger partial charge in [0.25, 0.3) is 5.78 Å². The fraction of sp³-hybridized carbons (Fsp3) is 0.273. The molecule has 0 unspecified atom stereocenters. The first-order valence-electron chi connectivity index (χ1n) is 6.14. The lowest BCUT2D eigenvalue weighted by atomic mass is 10.3. The predicted molar refractivity (Wildman–Crippen MR) is 78.5 cm³/mol. The van der Waals surface area contributed by atoms with Crippen LogP contribution in [-0.4, -0.2) is 35.7 Å². The van der Waals surface area contributed by atoms with Crippen molar-refractivity contribution in [2.24, 2.45) is 0 Å². The largest absolute Gasteiger partial charge is 0.301 e. The Morgan fingerprint density at radius 1 is 1.48 bits per heavy atom. The van der Waals surface area contributed by atoms with Crippen molar-refractivity contribution in [3.05, 3.63) is 18.1 Å². The van der Waals surface area contributed by atoms with Crippen molar-refractivity contribution in [1.82, 2.24) is 29.8 Å². The number of nitrogens with zero attached hydrogens (tertiary/aromatic N) is 6. The fourth-order valence-electron chi connectivity index (χ4n) is 1.63. The van der Waals surface area contributed by atoms with Crippen LogP contribution in [0, 0.1) is 0 Å². The highest BCUT2D eigenvalue weighted by molar-refractivity contribution is 8.01. The van der Waals surface area contributed by atoms with Crippen LogP contribution >= 0.6 is 23.1 Å². The third-order valence-corrected chi connectivity index (χ3v) is 4.41. The van der Waals surface area contributed by atoms with Gasteiger partial charge >= 0.3 is 0 Å². The zero-order valence-corrected chi connectivity index (χ0v) is 12.9. The van der Waals surface area contributed by atoms with E-state index in [-0.39, 0.29) is 5.91 Å². The van der Waals surface area contributed by atoms with Gasteiger partial charge in [0.05, 0.1) is 0 Å². The van der Waals surface area contributed by atoms with Crippen LogP contribution in [0.2, 0.25) is 0 Å². The first-order valence-corrected chi connectivity index (χ1v) is 7.77. The number of aromatic nitrogens is 6. The molecule has 0 saturated heterocycles. The number of nitrogens with one attached hydrogen (secondary N) is 1. The molecule has 0 bridgehead atoms. The maximum Gasteiger partial charge on any atom is 0.253 e. The van der Waals surface area contributed by atoms with Crippen LogP contribution in [0.1, 0.15) is 19.5 Å². The lowest BCUT2D eigenvalue weighted by Crippen LogP contribution is -2.04. The van der Waals surface area contributed by atoms with E-state index in [1.807, 2.05) is 13.0 Å². The average Bonchev–Trinajstić information content (AvgIpc) is 3.07. The number of carbonyl (C=O) groups is 1. The minimum Gasteiger partial charge on any atom is -0.301 e. The molecule has 3 rings (SSSR count). The average molecular weight is 321 g/mol. The molecule has 8 nitrogen and oxygen atoms in total. The summed E-state index contributed by atoms with van der Waals surface area (Å²) in [6.07, 6.45) is 2.28. The Balaban J connectivity index is 1.91. The molecule has 0 aliphatic rings. The fourth-order valence-corrected chi connectivity index (χ4v) is 3.48. The SMILES string of the molecule is CCc1cc(Sc2nnc(NC(C)=O)s2)n2ncnc2n1. The second-order valence-electron chi connectivity index (χ2n) is 4.07. The first-order chi connectivity index (χ1) is 10.2. The maximum absolute atomic E-state index is 11.0. The van der Waals surface area contributed by atoms with Crippen LogP contribution in [0.5, 0.6) is 0 Å². The van der Waals surface area contributed by atoms with Crippen molar-refractivity contribution in [2.45, 2.75) is 29.6 Å². The summed E-state index contributed by atoms with van der Waals surface area (Å²) in [6.45, 7) is 3.47. The topological polar surface area (TPSA) is 98.0 Å². The number of rotatable bonds is 4. The van der Waals surface area contributed by atoms with E-state index >= 15 is 0 Å². The second kappa shape index (κ2) is 5.74. The van der Waals surface area contributed by atoms with Gasteiger partial charge in [-0.15, -0.1) is 10.2 Å². The second-order valence-corrected chi connectivity index (χ2v) is 6.31. The number of amides is 1. The molecule has 1 amide bonds. The molecule has 0 aromatic carbocycles. The highest BCUT2D eigenvalue weighted by Gasteiger charge is 2.12. The van der Waals surface area contributed by atoms with Crippen LogP contribution < -0.4 is 5.32 Å². The molecule has 0 spiro atoms. The molecule has 0 fully saturated rings. The van der Waals surface area contributed by atoms with Gasteiger partial charge in [-0.05, 0) is 24.2 Å². The van der Waals surface area contributed by atoms with Crippen molar-refractivity contribution in [3.63, 3.8) is 0 Å². The van der Waals surface area contributed by atoms with Crippen LogP contribution in [0.3, 0.4) is 0 Å². The zero-order valence-electron chi connectivity index (χ0n) is 11.3. The summed E-state index contributed by atoms with van der Waals surface area (Å²) in [5.41, 5.74) is 0.935. The molecule has 3 aromatic heterocycles. The molecule has 108 valence electrons. The van der Waals surface area contributed by atoms with Gasteiger partial charge in [-0.25, -0.2) is 4.98 Å². The minimum absolute atomic E-state index is 0.168. The van der Waals surface area contributed by atoms with E-state index in [1.54, 1.807) is 4.52 Å². The lowest BCUT2D eigenvalue weighted by molar-refractivity contribution is -0.114. The molecule has 0 aliphatic heterocycles. The van der Waals surface area contributed by atoms with E-state index in [0.29, 0.717) is 15.2 Å². The molecule has 1 N–H and O–H groups in total. The van der Waals surface area contributed by atoms with Gasteiger partial charge in [-0.3, -0.25) is 4.79 Å². The Kier molecular flexibility index (Phi) is 3.80. The molecule has 3 heterocycles. The number of carbonyl (C=O) groups excluding carboxylic acids is 1. The lowest BCUT2D eigenvalue weighted by Gasteiger charge is -2.03. The predicted octanol–water partition coefficient (Wildman–Crippen LogP) is 1.65. The summed E-state index contributed by atoms with van der Waals surface area (Å²) >= 11 is 2.72. The maximum atomic E-state index is 11.0. The summed E-state index contributed by atoms with van der Waals surface area (Å²) in [5.74, 6) is 0.391. The molecular weight excluding hydrogens is 310 g/mol. The standard InChI is InChI=1S/C11H11N7OS2/c1-3-7-4-8(18-9(15-7)12-5-13-18)20-11-17-16-10(21-11)14-6(2)19/h4-5H,3H2,1-2H3,(H,14,16,19). The third-order valence-electron chi connectivity index (χ3n) is 2.52. The smallest absolute Gasteiger partial charge is 0.253 e. The Morgan fingerprint density at radius 3 is 3.10 bits per heavy atom. The Bertz CT molecular complexity index is 797. The van der Waals surface area contributed by atoms with Crippen LogP contribution in [0.4, 0.5) is 5.13 Å². The number of fused-ring (bicyclic) bond motifs is 1. The van der Waals surface area contributed by atoms with E-state index in [0.717, 1.165) is 17.1 Å². The van der Waals surface area contributed by atoms with Crippen molar-refractivity contribution in [2.75, 3.05) is 5.32 Å². The van der Waals surface area contributed by atoms with Crippen molar-refractivity contribution >= 4 is 39.9 Å². The highest BCUT2D eigenvalue weighted by atomic mass is 32.2. The molecule has 0 aliphatic carbocycles. The van der Waals surface area contributed by atoms with Gasteiger partial charge in [-0.1, -0.05) is 18.3 Å². The third kappa shape index (κ3) is 3.00. The summed E-state index contributed by atoms with van der Waals surface area (Å²) in [6, 6.07) is 1.95. The van der Waals surface area contributed by atoms with E-state index in [9.17, 15) is 4.79 Å². The van der Waals surface area contributed by atoms with E-state index in [1.165, 1.54) is 36.3 Å². The van der Waals surface area contributed by atoms with E-state index in [2.05, 4.69) is 30.6 Å². The normalized spacial score (nSPS) is 11.0. The highest BCUT2D eigenvalue weighted by Crippen LogP contribution is 2.32. The van der Waals surface area contributed by atoms with Crippen molar-refractivity contribution in [1.29, 1.82) is 0 Å². The van der Waals surface area contributed by atoms with Gasteiger partial charge in [0.15, 0.2) is 4.34 Å². The summed E-state index contributed by atoms with van der Waals surface area (Å²) in [5, 5.41) is 16.1. The molecule has 3 aromatic rings. The zero-order chi connectivity index (χ0) is 14.8. The van der Waals surface area contributed by atoms with E-state index in [4.69, 9.17) is 0 Å². The molecule has 10 heteroatoms. The molecule has 21 heavy (non-hydrogen) atoms. The van der Waals surface area contributed by atoms with Gasteiger partial charge in [0, 0.05) is 12.6 Å². The summed E-state index contributed by atoms with van der Waals surface area (Å²) < 4.78 is 2.37. The van der Waals surface area contributed by atoms with Gasteiger partial charge in [0.1, 0.15) is 11.4 Å².